The zero-order valence-electron chi connectivity index (χ0n) is 6.98. The highest BCUT2D eigenvalue weighted by Gasteiger charge is 2.38. The van der Waals surface area contributed by atoms with Gasteiger partial charge in [0.2, 0.25) is 0 Å². The minimum Gasteiger partial charge on any atom is -0.466 e. The first-order valence-electron chi connectivity index (χ1n) is 3.25. The van der Waals surface area contributed by atoms with E-state index in [9.17, 15) is 22.4 Å². The van der Waals surface area contributed by atoms with Gasteiger partial charge in [0.15, 0.2) is 0 Å². The van der Waals surface area contributed by atoms with Crippen LogP contribution in [0.1, 0.15) is 6.92 Å². The lowest BCUT2D eigenvalue weighted by Crippen LogP contribution is -2.24. The summed E-state index contributed by atoms with van der Waals surface area (Å²) >= 11 is 0. The third-order valence-electron chi connectivity index (χ3n) is 1.21. The second-order valence-electron chi connectivity index (χ2n) is 2.29. The van der Waals surface area contributed by atoms with Crippen molar-refractivity contribution in [1.82, 2.24) is 0 Å². The van der Waals surface area contributed by atoms with Crippen molar-refractivity contribution in [2.45, 2.75) is 19.3 Å². The van der Waals surface area contributed by atoms with E-state index in [-0.39, 0.29) is 6.08 Å². The summed E-state index contributed by atoms with van der Waals surface area (Å²) in [5.74, 6) is -5.35. The fourth-order valence-electron chi connectivity index (χ4n) is 0.572. The van der Waals surface area contributed by atoms with Crippen LogP contribution in [0, 0.1) is 0 Å². The molecule has 6 heteroatoms. The van der Waals surface area contributed by atoms with E-state index >= 15 is 0 Å². The minimum atomic E-state index is -4.29. The monoisotopic (exact) mass is 200 g/mol. The Bertz CT molecular complexity index is 223. The molecule has 0 aliphatic heterocycles. The van der Waals surface area contributed by atoms with Crippen LogP contribution in [-0.2, 0) is 9.53 Å². The number of methoxy groups -OCH3 is 1. The Balaban J connectivity index is 4.64. The number of alkyl halides is 4. The molecule has 0 saturated heterocycles. The van der Waals surface area contributed by atoms with E-state index in [2.05, 4.69) is 4.74 Å². The molecule has 0 unspecified atom stereocenters. The maximum Gasteiger partial charge on any atom is 0.333 e. The second-order valence-corrected chi connectivity index (χ2v) is 2.29. The van der Waals surface area contributed by atoms with Crippen molar-refractivity contribution < 1.29 is 27.1 Å². The summed E-state index contributed by atoms with van der Waals surface area (Å²) in [5.41, 5.74) is -0.548. The smallest absolute Gasteiger partial charge is 0.333 e. The van der Waals surface area contributed by atoms with E-state index in [0.29, 0.717) is 0 Å². The summed E-state index contributed by atoms with van der Waals surface area (Å²) < 4.78 is 51.8. The number of carbonyl (C=O) groups is 1. The maximum absolute atomic E-state index is 12.3. The van der Waals surface area contributed by atoms with Crippen LogP contribution in [0.15, 0.2) is 11.6 Å². The van der Waals surface area contributed by atoms with Gasteiger partial charge < -0.3 is 4.74 Å². The predicted molar refractivity (Wildman–Crippen MR) is 36.7 cm³/mol. The van der Waals surface area contributed by atoms with Gasteiger partial charge in [-0.3, -0.25) is 0 Å². The van der Waals surface area contributed by atoms with Crippen LogP contribution in [0.3, 0.4) is 0 Å². The van der Waals surface area contributed by atoms with E-state index in [1.807, 2.05) is 0 Å². The number of rotatable bonds is 3. The largest absolute Gasteiger partial charge is 0.466 e. The maximum atomic E-state index is 12.3. The molecule has 76 valence electrons. The number of esters is 1. The van der Waals surface area contributed by atoms with E-state index in [0.717, 1.165) is 14.0 Å². The topological polar surface area (TPSA) is 26.3 Å². The normalized spacial score (nSPS) is 13.3. The number of ether oxygens (including phenoxy) is 1. The molecule has 0 fully saturated rings. The van der Waals surface area contributed by atoms with E-state index < -0.39 is 23.9 Å². The lowest BCUT2D eigenvalue weighted by atomic mass is 10.2. The fourth-order valence-corrected chi connectivity index (χ4v) is 0.572. The van der Waals surface area contributed by atoms with Crippen molar-refractivity contribution in [2.75, 3.05) is 7.11 Å². The third-order valence-corrected chi connectivity index (χ3v) is 1.21. The van der Waals surface area contributed by atoms with Gasteiger partial charge in [-0.2, -0.15) is 8.78 Å². The SMILES string of the molecule is COC(=O)/C(C)=C/C(F)(F)C(F)F. The molecule has 0 heterocycles. The lowest BCUT2D eigenvalue weighted by Gasteiger charge is -2.10. The minimum absolute atomic E-state index is 0.108. The number of halogens is 4. The molecule has 0 aromatic rings. The molecule has 0 atom stereocenters. The molecule has 0 aromatic heterocycles. The summed E-state index contributed by atoms with van der Waals surface area (Å²) in [4.78, 5) is 10.5. The Kier molecular flexibility index (Phi) is 3.90. The molecule has 0 saturated carbocycles. The fraction of sp³-hybridized carbons (Fsp3) is 0.571. The van der Waals surface area contributed by atoms with Gasteiger partial charge >= 0.3 is 18.3 Å². The molecular weight excluding hydrogens is 192 g/mol. The van der Waals surface area contributed by atoms with Crippen LogP contribution >= 0.6 is 0 Å². The standard InChI is InChI=1S/C7H8F4O2/c1-4(5(12)13-2)3-7(10,11)6(8)9/h3,6H,1-2H3/b4-3+. The molecular formula is C7H8F4O2. The van der Waals surface area contributed by atoms with E-state index in [1.165, 1.54) is 0 Å². The van der Waals surface area contributed by atoms with E-state index in [1.54, 1.807) is 0 Å². The van der Waals surface area contributed by atoms with Crippen molar-refractivity contribution in [1.29, 1.82) is 0 Å². The third kappa shape index (κ3) is 3.43. The molecule has 0 spiro atoms. The molecule has 2 nitrogen and oxygen atoms in total. The summed E-state index contributed by atoms with van der Waals surface area (Å²) in [6.07, 6.45) is -3.93. The summed E-state index contributed by atoms with van der Waals surface area (Å²) in [6, 6.07) is 0. The molecule has 13 heavy (non-hydrogen) atoms. The Hall–Kier alpha value is -1.07. The molecule has 0 aliphatic carbocycles. The molecule has 0 amide bonds. The summed E-state index contributed by atoms with van der Waals surface area (Å²) in [7, 11) is 0.972. The number of hydrogen-bond acceptors (Lipinski definition) is 2. The average molecular weight is 200 g/mol. The highest BCUT2D eigenvalue weighted by molar-refractivity contribution is 5.87. The molecule has 0 rings (SSSR count). The van der Waals surface area contributed by atoms with Crippen LogP contribution in [0.2, 0.25) is 0 Å². The molecule has 0 aliphatic rings. The zero-order valence-corrected chi connectivity index (χ0v) is 6.98. The van der Waals surface area contributed by atoms with Crippen molar-refractivity contribution in [3.8, 4) is 0 Å². The van der Waals surface area contributed by atoms with Crippen LogP contribution in [0.5, 0.6) is 0 Å². The first-order chi connectivity index (χ1) is 5.81. The number of allylic oxidation sites excluding steroid dienone is 1. The predicted octanol–water partition coefficient (Wildman–Crippen LogP) is 2.01. The Labute approximate surface area is 72.2 Å². The van der Waals surface area contributed by atoms with Gasteiger partial charge in [-0.1, -0.05) is 0 Å². The van der Waals surface area contributed by atoms with Gasteiger partial charge in [-0.25, -0.2) is 13.6 Å². The van der Waals surface area contributed by atoms with Crippen LogP contribution in [0.25, 0.3) is 0 Å². The van der Waals surface area contributed by atoms with Gasteiger partial charge in [-0.15, -0.1) is 0 Å². The Morgan fingerprint density at radius 2 is 1.92 bits per heavy atom. The average Bonchev–Trinajstić information content (AvgIpc) is 2.01. The Morgan fingerprint density at radius 1 is 1.46 bits per heavy atom. The van der Waals surface area contributed by atoms with Crippen molar-refractivity contribution in [3.63, 3.8) is 0 Å². The molecule has 0 N–H and O–H groups in total. The molecule has 0 aromatic carbocycles. The van der Waals surface area contributed by atoms with Crippen LogP contribution < -0.4 is 0 Å². The van der Waals surface area contributed by atoms with Crippen molar-refractivity contribution in [3.05, 3.63) is 11.6 Å². The highest BCUT2D eigenvalue weighted by atomic mass is 19.3. The lowest BCUT2D eigenvalue weighted by molar-refractivity contribution is -0.136. The number of carbonyl (C=O) groups excluding carboxylic acids is 1. The van der Waals surface area contributed by atoms with Crippen LogP contribution in [-0.4, -0.2) is 25.4 Å². The quantitative estimate of drug-likeness (QED) is 0.395. The van der Waals surface area contributed by atoms with Gasteiger partial charge in [0.05, 0.1) is 7.11 Å². The van der Waals surface area contributed by atoms with Crippen LogP contribution in [0.4, 0.5) is 17.6 Å². The molecule has 0 bridgehead atoms. The zero-order chi connectivity index (χ0) is 10.6. The van der Waals surface area contributed by atoms with Gasteiger partial charge in [0.25, 0.3) is 0 Å². The first-order valence-corrected chi connectivity index (χ1v) is 3.25. The first kappa shape index (κ1) is 11.9. The summed E-state index contributed by atoms with van der Waals surface area (Å²) in [6.45, 7) is 0.974. The van der Waals surface area contributed by atoms with Gasteiger partial charge in [0, 0.05) is 11.6 Å². The number of hydrogen-bond donors (Lipinski definition) is 0. The van der Waals surface area contributed by atoms with E-state index in [4.69, 9.17) is 0 Å². The highest BCUT2D eigenvalue weighted by Crippen LogP contribution is 2.25. The van der Waals surface area contributed by atoms with Crippen molar-refractivity contribution >= 4 is 5.97 Å². The Morgan fingerprint density at radius 3 is 2.23 bits per heavy atom. The summed E-state index contributed by atoms with van der Waals surface area (Å²) in [5, 5.41) is 0. The second kappa shape index (κ2) is 4.25. The van der Waals surface area contributed by atoms with Crippen molar-refractivity contribution in [2.24, 2.45) is 0 Å². The van der Waals surface area contributed by atoms with Gasteiger partial charge in [-0.05, 0) is 6.92 Å². The van der Waals surface area contributed by atoms with Gasteiger partial charge in [0.1, 0.15) is 0 Å². The molecule has 0 radical (unpaired) electrons.